The maximum Gasteiger partial charge on any atom is 0.230 e. The Balaban J connectivity index is 0.00000147. The van der Waals surface area contributed by atoms with Crippen molar-refractivity contribution in [3.05, 3.63) is 29.8 Å². The minimum Gasteiger partial charge on any atom is -0.316 e. The number of aryl methyl sites for hydroxylation is 1. The van der Waals surface area contributed by atoms with Crippen molar-refractivity contribution in [1.82, 2.24) is 5.32 Å². The van der Waals surface area contributed by atoms with Crippen LogP contribution in [0.4, 0.5) is 5.69 Å². The average Bonchev–Trinajstić information content (AvgIpc) is 2.58. The summed E-state index contributed by atoms with van der Waals surface area (Å²) in [6.07, 6.45) is 3.38. The Morgan fingerprint density at radius 1 is 1.30 bits per heavy atom. The quantitative estimate of drug-likeness (QED) is 0.909. The number of fused-ring (bicyclic) bond motifs is 1. The van der Waals surface area contributed by atoms with Gasteiger partial charge >= 0.3 is 0 Å². The van der Waals surface area contributed by atoms with Gasteiger partial charge in [-0.15, -0.1) is 12.4 Å². The topological polar surface area (TPSA) is 32.3 Å². The number of nitrogens with one attached hydrogen (secondary N) is 1. The Hall–Kier alpha value is -1.06. The summed E-state index contributed by atoms with van der Waals surface area (Å²) >= 11 is 0. The standard InChI is InChI=1S/C16H22N2O.ClH/c1-12(14-10-17-11-14)16(19)18-9-5-4-7-13-6-2-3-8-15(13)18;/h2-3,6,8,12,14,17H,4-5,7,9-11H2,1H3;1H. The van der Waals surface area contributed by atoms with Crippen molar-refractivity contribution in [1.29, 1.82) is 0 Å². The SMILES string of the molecule is CC(C(=O)N1CCCCc2ccccc21)C1CNC1.Cl. The van der Waals surface area contributed by atoms with Crippen LogP contribution in [0.15, 0.2) is 24.3 Å². The van der Waals surface area contributed by atoms with Gasteiger partial charge in [0, 0.05) is 18.2 Å². The third-order valence-electron chi connectivity index (χ3n) is 4.54. The molecule has 1 saturated heterocycles. The molecule has 4 heteroatoms. The van der Waals surface area contributed by atoms with Gasteiger partial charge in [0.25, 0.3) is 0 Å². The highest BCUT2D eigenvalue weighted by molar-refractivity contribution is 5.96. The fraction of sp³-hybridized carbons (Fsp3) is 0.562. The molecule has 1 unspecified atom stereocenters. The highest BCUT2D eigenvalue weighted by Crippen LogP contribution is 2.29. The number of amides is 1. The second-order valence-electron chi connectivity index (χ2n) is 5.78. The molecule has 3 nitrogen and oxygen atoms in total. The van der Waals surface area contributed by atoms with E-state index in [4.69, 9.17) is 0 Å². The third-order valence-corrected chi connectivity index (χ3v) is 4.54. The Labute approximate surface area is 127 Å². The van der Waals surface area contributed by atoms with Gasteiger partial charge < -0.3 is 10.2 Å². The molecule has 3 rings (SSSR count). The highest BCUT2D eigenvalue weighted by atomic mass is 35.5. The molecule has 1 amide bonds. The minimum absolute atomic E-state index is 0. The first kappa shape index (κ1) is 15.3. The zero-order chi connectivity index (χ0) is 13.2. The number of nitrogens with zero attached hydrogens (tertiary/aromatic N) is 1. The van der Waals surface area contributed by atoms with Crippen LogP contribution in [0.3, 0.4) is 0 Å². The van der Waals surface area contributed by atoms with Crippen LogP contribution in [0.2, 0.25) is 0 Å². The summed E-state index contributed by atoms with van der Waals surface area (Å²) in [5.41, 5.74) is 2.47. The van der Waals surface area contributed by atoms with E-state index >= 15 is 0 Å². The van der Waals surface area contributed by atoms with Gasteiger partial charge in [0.15, 0.2) is 0 Å². The van der Waals surface area contributed by atoms with E-state index in [1.54, 1.807) is 0 Å². The third kappa shape index (κ3) is 2.84. The largest absolute Gasteiger partial charge is 0.316 e. The number of rotatable bonds is 2. The molecule has 110 valence electrons. The molecule has 1 aromatic rings. The lowest BCUT2D eigenvalue weighted by atomic mass is 9.87. The summed E-state index contributed by atoms with van der Waals surface area (Å²) in [7, 11) is 0. The molecule has 0 spiro atoms. The van der Waals surface area contributed by atoms with Crippen molar-refractivity contribution in [2.45, 2.75) is 26.2 Å². The predicted octanol–water partition coefficient (Wildman–Crippen LogP) is 2.63. The predicted molar refractivity (Wildman–Crippen MR) is 84.5 cm³/mol. The van der Waals surface area contributed by atoms with Crippen molar-refractivity contribution >= 4 is 24.0 Å². The van der Waals surface area contributed by atoms with Crippen LogP contribution in [-0.2, 0) is 11.2 Å². The second kappa shape index (κ2) is 6.59. The zero-order valence-corrected chi connectivity index (χ0v) is 12.8. The van der Waals surface area contributed by atoms with Gasteiger partial charge in [-0.25, -0.2) is 0 Å². The number of anilines is 1. The number of para-hydroxylation sites is 1. The summed E-state index contributed by atoms with van der Waals surface area (Å²) in [6, 6.07) is 8.38. The molecule has 2 heterocycles. The van der Waals surface area contributed by atoms with Crippen molar-refractivity contribution < 1.29 is 4.79 Å². The van der Waals surface area contributed by atoms with E-state index in [0.29, 0.717) is 11.8 Å². The molecule has 0 aliphatic carbocycles. The molecule has 1 aromatic carbocycles. The van der Waals surface area contributed by atoms with Crippen LogP contribution in [0.5, 0.6) is 0 Å². The Bertz CT molecular complexity index is 473. The number of carbonyl (C=O) groups excluding carboxylic acids is 1. The first-order chi connectivity index (χ1) is 9.27. The van der Waals surface area contributed by atoms with Crippen molar-refractivity contribution in [2.24, 2.45) is 11.8 Å². The van der Waals surface area contributed by atoms with E-state index in [1.165, 1.54) is 12.0 Å². The van der Waals surface area contributed by atoms with Gasteiger partial charge in [0.1, 0.15) is 0 Å². The lowest BCUT2D eigenvalue weighted by Gasteiger charge is -2.35. The molecule has 20 heavy (non-hydrogen) atoms. The van der Waals surface area contributed by atoms with E-state index in [9.17, 15) is 4.79 Å². The average molecular weight is 295 g/mol. The fourth-order valence-corrected chi connectivity index (χ4v) is 3.03. The summed E-state index contributed by atoms with van der Waals surface area (Å²) in [6.45, 7) is 4.94. The van der Waals surface area contributed by atoms with Crippen molar-refractivity contribution in [2.75, 3.05) is 24.5 Å². The molecular weight excluding hydrogens is 272 g/mol. The van der Waals surface area contributed by atoms with E-state index in [2.05, 4.69) is 30.4 Å². The highest BCUT2D eigenvalue weighted by Gasteiger charge is 2.33. The summed E-state index contributed by atoms with van der Waals surface area (Å²) in [5.74, 6) is 0.955. The molecule has 2 aliphatic heterocycles. The van der Waals surface area contributed by atoms with Gasteiger partial charge in [-0.2, -0.15) is 0 Å². The van der Waals surface area contributed by atoms with Gasteiger partial charge in [0.2, 0.25) is 5.91 Å². The van der Waals surface area contributed by atoms with Gasteiger partial charge in [-0.3, -0.25) is 4.79 Å². The van der Waals surface area contributed by atoms with Crippen LogP contribution in [0.25, 0.3) is 0 Å². The van der Waals surface area contributed by atoms with E-state index in [-0.39, 0.29) is 18.3 Å². The maximum atomic E-state index is 12.7. The van der Waals surface area contributed by atoms with Crippen molar-refractivity contribution in [3.63, 3.8) is 0 Å². The number of hydrogen-bond acceptors (Lipinski definition) is 2. The molecule has 1 N–H and O–H groups in total. The molecule has 0 aromatic heterocycles. The zero-order valence-electron chi connectivity index (χ0n) is 12.0. The number of benzene rings is 1. The van der Waals surface area contributed by atoms with E-state index in [1.807, 2.05) is 11.0 Å². The molecule has 0 radical (unpaired) electrons. The molecular formula is C16H23ClN2O. The van der Waals surface area contributed by atoms with E-state index < -0.39 is 0 Å². The number of halogens is 1. The number of hydrogen-bond donors (Lipinski definition) is 1. The first-order valence-corrected chi connectivity index (χ1v) is 7.37. The van der Waals surface area contributed by atoms with Gasteiger partial charge in [-0.05, 0) is 49.9 Å². The van der Waals surface area contributed by atoms with Gasteiger partial charge in [0.05, 0.1) is 0 Å². The van der Waals surface area contributed by atoms with Crippen LogP contribution in [0.1, 0.15) is 25.3 Å². The van der Waals surface area contributed by atoms with Crippen molar-refractivity contribution in [3.8, 4) is 0 Å². The fourth-order valence-electron chi connectivity index (χ4n) is 3.03. The summed E-state index contributed by atoms with van der Waals surface area (Å²) in [4.78, 5) is 14.8. The van der Waals surface area contributed by atoms with Crippen LogP contribution in [0, 0.1) is 11.8 Å². The van der Waals surface area contributed by atoms with Gasteiger partial charge in [-0.1, -0.05) is 25.1 Å². The van der Waals surface area contributed by atoms with Crippen LogP contribution >= 0.6 is 12.4 Å². The van der Waals surface area contributed by atoms with Crippen LogP contribution in [-0.4, -0.2) is 25.5 Å². The molecule has 2 aliphatic rings. The summed E-state index contributed by atoms with van der Waals surface area (Å²) in [5, 5.41) is 3.26. The molecule has 1 atom stereocenters. The first-order valence-electron chi connectivity index (χ1n) is 7.37. The Morgan fingerprint density at radius 3 is 2.75 bits per heavy atom. The molecule has 0 bridgehead atoms. The lowest BCUT2D eigenvalue weighted by Crippen LogP contribution is -2.50. The Morgan fingerprint density at radius 2 is 2.05 bits per heavy atom. The maximum absolute atomic E-state index is 12.7. The monoisotopic (exact) mass is 294 g/mol. The molecule has 0 saturated carbocycles. The normalized spacial score (nSPS) is 20.1. The molecule has 1 fully saturated rings. The minimum atomic E-state index is 0. The smallest absolute Gasteiger partial charge is 0.230 e. The number of carbonyl (C=O) groups is 1. The summed E-state index contributed by atoms with van der Waals surface area (Å²) < 4.78 is 0. The Kier molecular flexibility index (Phi) is 5.06. The van der Waals surface area contributed by atoms with E-state index in [0.717, 1.165) is 38.2 Å². The van der Waals surface area contributed by atoms with Crippen LogP contribution < -0.4 is 10.2 Å². The second-order valence-corrected chi connectivity index (χ2v) is 5.78. The lowest BCUT2D eigenvalue weighted by molar-refractivity contribution is -0.124.